The van der Waals surface area contributed by atoms with Gasteiger partial charge >= 0.3 is 0 Å². The highest BCUT2D eigenvalue weighted by Gasteiger charge is 2.21. The summed E-state index contributed by atoms with van der Waals surface area (Å²) >= 11 is 11.8. The molecule has 1 N–H and O–H groups in total. The Kier molecular flexibility index (Phi) is 5.35. The quantitative estimate of drug-likeness (QED) is 0.802. The minimum atomic E-state index is 0.695. The molecule has 0 saturated heterocycles. The zero-order valence-electron chi connectivity index (χ0n) is 14.6. The molecule has 3 rings (SSSR count). The van der Waals surface area contributed by atoms with E-state index in [9.17, 15) is 0 Å². The predicted molar refractivity (Wildman–Crippen MR) is 106 cm³/mol. The maximum Gasteiger partial charge on any atom is 0.173 e. The number of nitrogens with one attached hydrogen (secondary N) is 1. The normalized spacial score (nSPS) is 13.2. The number of hydrogen-bond acceptors (Lipinski definition) is 3. The summed E-state index contributed by atoms with van der Waals surface area (Å²) in [5, 5.41) is 4.70. The van der Waals surface area contributed by atoms with Crippen molar-refractivity contribution in [3.05, 3.63) is 52.0 Å². The molecular formula is C19H21ClN2O2S. The van der Waals surface area contributed by atoms with Crippen molar-refractivity contribution in [1.29, 1.82) is 0 Å². The topological polar surface area (TPSA) is 33.7 Å². The van der Waals surface area contributed by atoms with Crippen LogP contribution in [0.3, 0.4) is 0 Å². The molecule has 1 aliphatic heterocycles. The van der Waals surface area contributed by atoms with E-state index in [4.69, 9.17) is 33.3 Å². The van der Waals surface area contributed by atoms with Gasteiger partial charge in [0.2, 0.25) is 0 Å². The molecule has 0 amide bonds. The van der Waals surface area contributed by atoms with E-state index in [1.165, 1.54) is 11.1 Å². The summed E-state index contributed by atoms with van der Waals surface area (Å²) in [4.78, 5) is 2.15. The van der Waals surface area contributed by atoms with Gasteiger partial charge in [-0.2, -0.15) is 0 Å². The monoisotopic (exact) mass is 376 g/mol. The molecule has 2 aromatic rings. The number of benzene rings is 2. The highest BCUT2D eigenvalue weighted by Crippen LogP contribution is 2.33. The number of anilines is 1. The van der Waals surface area contributed by atoms with Crippen molar-refractivity contribution >= 4 is 34.6 Å². The molecule has 4 nitrogen and oxygen atoms in total. The maximum atomic E-state index is 6.19. The van der Waals surface area contributed by atoms with Crippen LogP contribution in [0.25, 0.3) is 0 Å². The van der Waals surface area contributed by atoms with Crippen molar-refractivity contribution in [3.8, 4) is 11.5 Å². The Morgan fingerprint density at radius 3 is 2.44 bits per heavy atom. The minimum Gasteiger partial charge on any atom is -0.493 e. The number of hydrogen-bond donors (Lipinski definition) is 1. The number of thiocarbonyl (C=S) groups is 1. The Bertz CT molecular complexity index is 810. The van der Waals surface area contributed by atoms with Crippen LogP contribution < -0.4 is 14.8 Å². The van der Waals surface area contributed by atoms with Gasteiger partial charge in [-0.15, -0.1) is 0 Å². The van der Waals surface area contributed by atoms with Crippen LogP contribution in [0.4, 0.5) is 5.69 Å². The molecule has 0 unspecified atom stereocenters. The summed E-state index contributed by atoms with van der Waals surface area (Å²) in [6, 6.07) is 9.96. The average molecular weight is 377 g/mol. The third-order valence-electron chi connectivity index (χ3n) is 4.43. The van der Waals surface area contributed by atoms with E-state index in [1.807, 2.05) is 31.2 Å². The van der Waals surface area contributed by atoms with E-state index >= 15 is 0 Å². The van der Waals surface area contributed by atoms with Gasteiger partial charge in [0.05, 0.1) is 14.2 Å². The smallest absolute Gasteiger partial charge is 0.173 e. The minimum absolute atomic E-state index is 0.695. The Hall–Kier alpha value is -1.98. The van der Waals surface area contributed by atoms with Gasteiger partial charge in [0, 0.05) is 23.8 Å². The molecule has 0 spiro atoms. The van der Waals surface area contributed by atoms with Crippen molar-refractivity contribution in [2.75, 3.05) is 26.1 Å². The second-order valence-corrected chi connectivity index (χ2v) is 6.84. The Balaban J connectivity index is 1.75. The second-order valence-electron chi connectivity index (χ2n) is 6.04. The van der Waals surface area contributed by atoms with Gasteiger partial charge in [-0.1, -0.05) is 17.7 Å². The first-order valence-corrected chi connectivity index (χ1v) is 8.86. The molecule has 0 bridgehead atoms. The van der Waals surface area contributed by atoms with Gasteiger partial charge in [0.15, 0.2) is 16.6 Å². The fourth-order valence-corrected chi connectivity index (χ4v) is 3.38. The number of aryl methyl sites for hydroxylation is 1. The van der Waals surface area contributed by atoms with Crippen LogP contribution in [-0.4, -0.2) is 30.8 Å². The molecule has 0 fully saturated rings. The van der Waals surface area contributed by atoms with Crippen LogP contribution in [0.2, 0.25) is 5.02 Å². The zero-order valence-corrected chi connectivity index (χ0v) is 16.1. The van der Waals surface area contributed by atoms with Gasteiger partial charge in [0.25, 0.3) is 0 Å². The van der Waals surface area contributed by atoms with E-state index in [2.05, 4.69) is 16.3 Å². The number of rotatable bonds is 3. The summed E-state index contributed by atoms with van der Waals surface area (Å²) in [5.74, 6) is 1.51. The maximum absolute atomic E-state index is 6.19. The second kappa shape index (κ2) is 7.50. The van der Waals surface area contributed by atoms with Gasteiger partial charge in [-0.3, -0.25) is 0 Å². The highest BCUT2D eigenvalue weighted by atomic mass is 35.5. The van der Waals surface area contributed by atoms with Crippen molar-refractivity contribution in [1.82, 2.24) is 4.90 Å². The van der Waals surface area contributed by atoms with Crippen LogP contribution in [0.5, 0.6) is 11.5 Å². The first-order chi connectivity index (χ1) is 12.0. The number of halogens is 1. The molecule has 0 saturated carbocycles. The summed E-state index contributed by atoms with van der Waals surface area (Å²) in [5.41, 5.74) is 4.43. The van der Waals surface area contributed by atoms with Crippen molar-refractivity contribution in [3.63, 3.8) is 0 Å². The number of methoxy groups -OCH3 is 2. The van der Waals surface area contributed by atoms with Crippen molar-refractivity contribution < 1.29 is 9.47 Å². The summed E-state index contributed by atoms with van der Waals surface area (Å²) in [6.07, 6.45) is 0.909. The molecule has 0 aliphatic carbocycles. The number of ether oxygens (including phenoxy) is 2. The highest BCUT2D eigenvalue weighted by molar-refractivity contribution is 7.80. The summed E-state index contributed by atoms with van der Waals surface area (Å²) < 4.78 is 10.8. The fourth-order valence-electron chi connectivity index (χ4n) is 2.93. The van der Waals surface area contributed by atoms with Crippen LogP contribution in [0.15, 0.2) is 30.3 Å². The molecule has 0 radical (unpaired) electrons. The van der Waals surface area contributed by atoms with Gasteiger partial charge in [-0.25, -0.2) is 0 Å². The molecule has 25 heavy (non-hydrogen) atoms. The van der Waals surface area contributed by atoms with Crippen LogP contribution >= 0.6 is 23.8 Å². The SMILES string of the molecule is COc1cc2c(cc1OC)CN(C(=S)Nc1ccc(C)c(Cl)c1)CC2. The Morgan fingerprint density at radius 1 is 1.12 bits per heavy atom. The standard InChI is InChI=1S/C19H21ClN2O2S/c1-12-4-5-15(10-16(12)20)21-19(25)22-7-6-13-8-17(23-2)18(24-3)9-14(13)11-22/h4-5,8-10H,6-7,11H2,1-3H3,(H,21,25). The lowest BCUT2D eigenvalue weighted by Gasteiger charge is -2.31. The van der Waals surface area contributed by atoms with Gasteiger partial charge < -0.3 is 19.7 Å². The lowest BCUT2D eigenvalue weighted by molar-refractivity contribution is 0.348. The molecular weight excluding hydrogens is 356 g/mol. The lowest BCUT2D eigenvalue weighted by atomic mass is 9.99. The molecule has 1 heterocycles. The predicted octanol–water partition coefficient (Wildman–Crippen LogP) is 4.42. The third-order valence-corrected chi connectivity index (χ3v) is 5.20. The first kappa shape index (κ1) is 17.8. The third kappa shape index (κ3) is 3.83. The first-order valence-electron chi connectivity index (χ1n) is 8.07. The number of fused-ring (bicyclic) bond motifs is 1. The van der Waals surface area contributed by atoms with Gasteiger partial charge in [-0.05, 0) is 66.5 Å². The van der Waals surface area contributed by atoms with Crippen LogP contribution in [-0.2, 0) is 13.0 Å². The molecule has 6 heteroatoms. The van der Waals surface area contributed by atoms with E-state index in [1.54, 1.807) is 14.2 Å². The van der Waals surface area contributed by atoms with E-state index in [-0.39, 0.29) is 0 Å². The Morgan fingerprint density at radius 2 is 1.80 bits per heavy atom. The summed E-state index contributed by atoms with van der Waals surface area (Å²) in [6.45, 7) is 3.57. The fraction of sp³-hybridized carbons (Fsp3) is 0.316. The van der Waals surface area contributed by atoms with Crippen LogP contribution in [0, 0.1) is 6.92 Å². The lowest BCUT2D eigenvalue weighted by Crippen LogP contribution is -2.38. The van der Waals surface area contributed by atoms with E-state index in [0.29, 0.717) is 5.11 Å². The molecule has 0 aromatic heterocycles. The molecule has 132 valence electrons. The largest absolute Gasteiger partial charge is 0.493 e. The van der Waals surface area contributed by atoms with E-state index in [0.717, 1.165) is 47.3 Å². The van der Waals surface area contributed by atoms with E-state index < -0.39 is 0 Å². The zero-order chi connectivity index (χ0) is 18.0. The number of nitrogens with zero attached hydrogens (tertiary/aromatic N) is 1. The average Bonchev–Trinajstić information content (AvgIpc) is 2.63. The molecule has 0 atom stereocenters. The molecule has 1 aliphatic rings. The summed E-state index contributed by atoms with van der Waals surface area (Å²) in [7, 11) is 3.31. The van der Waals surface area contributed by atoms with Gasteiger partial charge in [0.1, 0.15) is 0 Å². The van der Waals surface area contributed by atoms with Crippen molar-refractivity contribution in [2.45, 2.75) is 19.9 Å². The Labute approximate surface area is 158 Å². The van der Waals surface area contributed by atoms with Crippen LogP contribution in [0.1, 0.15) is 16.7 Å². The molecule has 2 aromatic carbocycles. The van der Waals surface area contributed by atoms with Crippen molar-refractivity contribution in [2.24, 2.45) is 0 Å².